The fraction of sp³-hybridized carbons (Fsp3) is 0.471. The van der Waals surface area contributed by atoms with E-state index in [1.165, 1.54) is 0 Å². The number of nitrogens with zero attached hydrogens (tertiary/aromatic N) is 4. The molecule has 0 bridgehead atoms. The lowest BCUT2D eigenvalue weighted by Crippen LogP contribution is -2.38. The number of pyridine rings is 1. The summed E-state index contributed by atoms with van der Waals surface area (Å²) >= 11 is 0. The molecule has 2 aromatic rings. The summed E-state index contributed by atoms with van der Waals surface area (Å²) in [4.78, 5) is 18.6. The highest BCUT2D eigenvalue weighted by Crippen LogP contribution is 2.23. The number of hydrogen-bond acceptors (Lipinski definition) is 4. The smallest absolute Gasteiger partial charge is 0.252 e. The average molecular weight is 312 g/mol. The average Bonchev–Trinajstić information content (AvgIpc) is 3.21. The zero-order valence-corrected chi connectivity index (χ0v) is 13.0. The molecule has 6 heteroatoms. The van der Waals surface area contributed by atoms with Gasteiger partial charge in [0.25, 0.3) is 5.91 Å². The molecule has 120 valence electrons. The summed E-state index contributed by atoms with van der Waals surface area (Å²) < 4.78 is 7.58. The lowest BCUT2D eigenvalue weighted by Gasteiger charge is -2.23. The van der Waals surface area contributed by atoms with E-state index in [2.05, 4.69) is 11.1 Å². The van der Waals surface area contributed by atoms with Gasteiger partial charge in [0.1, 0.15) is 6.10 Å². The maximum absolute atomic E-state index is 12.6. The van der Waals surface area contributed by atoms with Gasteiger partial charge in [-0.25, -0.2) is 0 Å². The summed E-state index contributed by atoms with van der Waals surface area (Å²) in [5.74, 6) is 0.127. The molecule has 2 aliphatic rings. The number of aromatic nitrogens is 3. The van der Waals surface area contributed by atoms with E-state index in [0.717, 1.165) is 49.3 Å². The van der Waals surface area contributed by atoms with E-state index in [-0.39, 0.29) is 12.0 Å². The van der Waals surface area contributed by atoms with E-state index in [1.54, 1.807) is 12.4 Å². The van der Waals surface area contributed by atoms with Crippen molar-refractivity contribution in [1.82, 2.24) is 19.7 Å². The topological polar surface area (TPSA) is 60.2 Å². The molecule has 2 aliphatic heterocycles. The van der Waals surface area contributed by atoms with Gasteiger partial charge in [-0.3, -0.25) is 14.5 Å². The highest BCUT2D eigenvalue weighted by molar-refractivity contribution is 5.81. The molecule has 0 aromatic carbocycles. The number of amides is 1. The highest BCUT2D eigenvalue weighted by Gasteiger charge is 2.30. The molecular formula is C17H20N4O2. The summed E-state index contributed by atoms with van der Waals surface area (Å²) in [7, 11) is 0. The van der Waals surface area contributed by atoms with Gasteiger partial charge >= 0.3 is 0 Å². The number of aryl methyl sites for hydroxylation is 1. The van der Waals surface area contributed by atoms with Crippen molar-refractivity contribution in [2.45, 2.75) is 38.5 Å². The van der Waals surface area contributed by atoms with Crippen molar-refractivity contribution in [1.29, 1.82) is 0 Å². The molecule has 1 unspecified atom stereocenters. The Balaban J connectivity index is 1.56. The van der Waals surface area contributed by atoms with E-state index in [9.17, 15) is 4.79 Å². The molecule has 1 amide bonds. The zero-order valence-electron chi connectivity index (χ0n) is 13.0. The van der Waals surface area contributed by atoms with Gasteiger partial charge in [-0.1, -0.05) is 0 Å². The molecule has 0 N–H and O–H groups in total. The summed E-state index contributed by atoms with van der Waals surface area (Å²) in [5, 5.41) is 4.69. The Labute approximate surface area is 135 Å². The van der Waals surface area contributed by atoms with E-state index in [0.29, 0.717) is 13.2 Å². The molecule has 1 saturated heterocycles. The largest absolute Gasteiger partial charge is 0.368 e. The first kappa shape index (κ1) is 14.4. The van der Waals surface area contributed by atoms with Crippen LogP contribution in [0.1, 0.15) is 25.0 Å². The molecule has 23 heavy (non-hydrogen) atoms. The van der Waals surface area contributed by atoms with Crippen LogP contribution < -0.4 is 0 Å². The molecule has 6 nitrogen and oxygen atoms in total. The number of rotatable bonds is 2. The minimum atomic E-state index is -0.246. The van der Waals surface area contributed by atoms with Crippen molar-refractivity contribution >= 4 is 5.91 Å². The fourth-order valence-corrected chi connectivity index (χ4v) is 3.29. The van der Waals surface area contributed by atoms with Crippen LogP contribution in [0.2, 0.25) is 0 Å². The second-order valence-corrected chi connectivity index (χ2v) is 6.09. The highest BCUT2D eigenvalue weighted by atomic mass is 16.5. The van der Waals surface area contributed by atoms with Gasteiger partial charge in [-0.15, -0.1) is 0 Å². The van der Waals surface area contributed by atoms with Gasteiger partial charge in [-0.2, -0.15) is 5.10 Å². The van der Waals surface area contributed by atoms with Crippen molar-refractivity contribution in [2.75, 3.05) is 13.2 Å². The van der Waals surface area contributed by atoms with Crippen LogP contribution in [0.3, 0.4) is 0 Å². The van der Waals surface area contributed by atoms with Crippen molar-refractivity contribution in [3.05, 3.63) is 36.3 Å². The Bertz CT molecular complexity index is 692. The fourth-order valence-electron chi connectivity index (χ4n) is 3.29. The van der Waals surface area contributed by atoms with Crippen LogP contribution in [0.4, 0.5) is 0 Å². The van der Waals surface area contributed by atoms with Crippen molar-refractivity contribution in [3.63, 3.8) is 0 Å². The van der Waals surface area contributed by atoms with Gasteiger partial charge in [-0.05, 0) is 37.5 Å². The molecule has 1 atom stereocenters. The molecular weight excluding hydrogens is 292 g/mol. The van der Waals surface area contributed by atoms with Gasteiger partial charge in [0.2, 0.25) is 0 Å². The predicted molar refractivity (Wildman–Crippen MR) is 84.5 cm³/mol. The molecule has 0 saturated carbocycles. The van der Waals surface area contributed by atoms with Crippen LogP contribution >= 0.6 is 0 Å². The quantitative estimate of drug-likeness (QED) is 0.849. The third-order valence-electron chi connectivity index (χ3n) is 4.51. The first-order valence-corrected chi connectivity index (χ1v) is 8.19. The normalized spacial score (nSPS) is 21.0. The van der Waals surface area contributed by atoms with Crippen LogP contribution in [0, 0.1) is 0 Å². The van der Waals surface area contributed by atoms with E-state index in [1.807, 2.05) is 21.7 Å². The van der Waals surface area contributed by atoms with E-state index >= 15 is 0 Å². The van der Waals surface area contributed by atoms with Gasteiger partial charge in [0.15, 0.2) is 0 Å². The number of carbonyl (C=O) groups excluding carboxylic acids is 1. The maximum Gasteiger partial charge on any atom is 0.252 e. The molecule has 0 aliphatic carbocycles. The first-order chi connectivity index (χ1) is 11.3. The first-order valence-electron chi connectivity index (χ1n) is 8.19. The number of fused-ring (bicyclic) bond motifs is 1. The number of ether oxygens (including phenoxy) is 1. The third kappa shape index (κ3) is 2.86. The summed E-state index contributed by atoms with van der Waals surface area (Å²) in [6, 6.07) is 5.99. The molecule has 2 aromatic heterocycles. The summed E-state index contributed by atoms with van der Waals surface area (Å²) in [6.07, 6.45) is 6.04. The number of carbonyl (C=O) groups is 1. The van der Waals surface area contributed by atoms with Crippen LogP contribution in [0.25, 0.3) is 11.3 Å². The second-order valence-electron chi connectivity index (χ2n) is 6.09. The van der Waals surface area contributed by atoms with Gasteiger partial charge in [0, 0.05) is 37.7 Å². The Hall–Kier alpha value is -2.21. The minimum Gasteiger partial charge on any atom is -0.368 e. The van der Waals surface area contributed by atoms with Crippen LogP contribution in [-0.4, -0.2) is 44.8 Å². The SMILES string of the molecule is O=C(C1CCCO1)N1CCCn2nc(-c3ccncc3)cc2C1. The Kier molecular flexibility index (Phi) is 3.83. The summed E-state index contributed by atoms with van der Waals surface area (Å²) in [6.45, 7) is 2.92. The van der Waals surface area contributed by atoms with Crippen molar-refractivity contribution in [2.24, 2.45) is 0 Å². The minimum absolute atomic E-state index is 0.127. The van der Waals surface area contributed by atoms with Crippen LogP contribution in [-0.2, 0) is 22.6 Å². The van der Waals surface area contributed by atoms with Gasteiger partial charge in [0.05, 0.1) is 17.9 Å². The van der Waals surface area contributed by atoms with Crippen LogP contribution in [0.5, 0.6) is 0 Å². The standard InChI is InChI=1S/C17H20N4O2/c22-17(16-3-1-10-23-16)20-8-2-9-21-14(12-20)11-15(19-21)13-4-6-18-7-5-13/h4-7,11,16H,1-3,8-10,12H2. The molecule has 0 spiro atoms. The van der Waals surface area contributed by atoms with Crippen LogP contribution in [0.15, 0.2) is 30.6 Å². The van der Waals surface area contributed by atoms with Crippen molar-refractivity contribution in [3.8, 4) is 11.3 Å². The lowest BCUT2D eigenvalue weighted by molar-refractivity contribution is -0.141. The van der Waals surface area contributed by atoms with Gasteiger partial charge < -0.3 is 9.64 Å². The van der Waals surface area contributed by atoms with Crippen molar-refractivity contribution < 1.29 is 9.53 Å². The zero-order chi connectivity index (χ0) is 15.6. The Morgan fingerprint density at radius 2 is 2.09 bits per heavy atom. The number of hydrogen-bond donors (Lipinski definition) is 0. The lowest BCUT2D eigenvalue weighted by atomic mass is 10.2. The molecule has 0 radical (unpaired) electrons. The molecule has 1 fully saturated rings. The second kappa shape index (κ2) is 6.12. The Morgan fingerprint density at radius 3 is 2.87 bits per heavy atom. The maximum atomic E-state index is 12.6. The molecule has 4 rings (SSSR count). The predicted octanol–water partition coefficient (Wildman–Crippen LogP) is 1.86. The third-order valence-corrected chi connectivity index (χ3v) is 4.51. The van der Waals surface area contributed by atoms with E-state index < -0.39 is 0 Å². The molecule has 4 heterocycles. The van der Waals surface area contributed by atoms with E-state index in [4.69, 9.17) is 9.84 Å². The monoisotopic (exact) mass is 312 g/mol. The summed E-state index contributed by atoms with van der Waals surface area (Å²) in [5.41, 5.74) is 3.08. The Morgan fingerprint density at radius 1 is 1.22 bits per heavy atom.